The highest BCUT2D eigenvalue weighted by molar-refractivity contribution is 7.91. The van der Waals surface area contributed by atoms with Gasteiger partial charge in [-0.3, -0.25) is 4.79 Å². The molecule has 0 spiro atoms. The smallest absolute Gasteiger partial charge is 0.263 e. The molecule has 1 aromatic heterocycles. The normalized spacial score (nSPS) is 16.7. The molecule has 1 aliphatic rings. The first kappa shape index (κ1) is 25.8. The zero-order valence-corrected chi connectivity index (χ0v) is 21.8. The summed E-state index contributed by atoms with van der Waals surface area (Å²) in [6, 6.07) is 16.6. The number of nitrogens with zero attached hydrogens (tertiary/aromatic N) is 2. The summed E-state index contributed by atoms with van der Waals surface area (Å²) < 4.78 is 37.2. The average Bonchev–Trinajstić information content (AvgIpc) is 3.44. The van der Waals surface area contributed by atoms with Crippen molar-refractivity contribution in [3.63, 3.8) is 0 Å². The van der Waals surface area contributed by atoms with Crippen LogP contribution in [-0.2, 0) is 21.1 Å². The number of amides is 1. The molecule has 0 saturated carbocycles. The summed E-state index contributed by atoms with van der Waals surface area (Å²) in [7, 11) is -3.13. The van der Waals surface area contributed by atoms with Crippen molar-refractivity contribution in [3.8, 4) is 22.8 Å². The highest BCUT2D eigenvalue weighted by Crippen LogP contribution is 2.31. The number of nitrogens with one attached hydrogen (secondary N) is 1. The van der Waals surface area contributed by atoms with Crippen LogP contribution in [0.1, 0.15) is 38.8 Å². The fourth-order valence-electron chi connectivity index (χ4n) is 4.01. The van der Waals surface area contributed by atoms with Gasteiger partial charge in [0.2, 0.25) is 0 Å². The van der Waals surface area contributed by atoms with Crippen LogP contribution in [-0.4, -0.2) is 48.8 Å². The van der Waals surface area contributed by atoms with E-state index in [1.165, 1.54) is 5.56 Å². The highest BCUT2D eigenvalue weighted by Gasteiger charge is 2.32. The fourth-order valence-corrected chi connectivity index (χ4v) is 5.70. The minimum absolute atomic E-state index is 0.000746. The van der Waals surface area contributed by atoms with Crippen molar-refractivity contribution >= 4 is 21.6 Å². The molecule has 1 saturated heterocycles. The molecule has 0 unspecified atom stereocenters. The molecule has 0 bridgehead atoms. The van der Waals surface area contributed by atoms with E-state index in [-0.39, 0.29) is 30.1 Å². The Bertz CT molecular complexity index is 1280. The number of carbonyl (C=O) groups is 1. The maximum absolute atomic E-state index is 12.7. The van der Waals surface area contributed by atoms with Gasteiger partial charge in [-0.15, -0.1) is 0 Å². The second-order valence-corrected chi connectivity index (χ2v) is 11.7. The van der Waals surface area contributed by atoms with Crippen LogP contribution in [0, 0.1) is 5.92 Å². The number of aromatic nitrogens is 2. The summed E-state index contributed by atoms with van der Waals surface area (Å²) in [6.45, 7) is 6.72. The van der Waals surface area contributed by atoms with Crippen molar-refractivity contribution in [2.45, 2.75) is 39.7 Å². The van der Waals surface area contributed by atoms with E-state index < -0.39 is 9.84 Å². The number of benzene rings is 2. The van der Waals surface area contributed by atoms with Crippen LogP contribution in [0.4, 0.5) is 5.82 Å². The summed E-state index contributed by atoms with van der Waals surface area (Å²) in [4.78, 5) is 12.7. The number of anilines is 1. The molecule has 3 aromatic rings. The second kappa shape index (κ2) is 11.2. The summed E-state index contributed by atoms with van der Waals surface area (Å²) in [5.41, 5.74) is 2.67. The van der Waals surface area contributed by atoms with Gasteiger partial charge in [-0.05, 0) is 60.7 Å². The third-order valence-corrected chi connectivity index (χ3v) is 7.74. The number of sulfone groups is 1. The zero-order chi connectivity index (χ0) is 25.7. The quantitative estimate of drug-likeness (QED) is 0.430. The van der Waals surface area contributed by atoms with E-state index in [9.17, 15) is 13.2 Å². The van der Waals surface area contributed by atoms with E-state index in [2.05, 4.69) is 31.2 Å². The number of hydrogen-bond donors (Lipinski definition) is 1. The SMILES string of the molecule is CCc1ccc(OCC(=O)Nc2cc(-c3ccc(OCC(C)C)cc3)nn2[C@H]2CCS(=O)(=O)C2)cc1. The van der Waals surface area contributed by atoms with Gasteiger partial charge < -0.3 is 14.8 Å². The lowest BCUT2D eigenvalue weighted by molar-refractivity contribution is -0.118. The van der Waals surface area contributed by atoms with Crippen LogP contribution in [0.5, 0.6) is 11.5 Å². The third kappa shape index (κ3) is 6.66. The summed E-state index contributed by atoms with van der Waals surface area (Å²) in [6.07, 6.45) is 1.38. The average molecular weight is 512 g/mol. The van der Waals surface area contributed by atoms with Crippen LogP contribution in [0.25, 0.3) is 11.3 Å². The largest absolute Gasteiger partial charge is 0.493 e. The molecule has 36 heavy (non-hydrogen) atoms. The first-order valence-electron chi connectivity index (χ1n) is 12.3. The molecule has 4 rings (SSSR count). The molecule has 9 heteroatoms. The highest BCUT2D eigenvalue weighted by atomic mass is 32.2. The Morgan fingerprint density at radius 2 is 1.75 bits per heavy atom. The molecule has 1 N–H and O–H groups in total. The van der Waals surface area contributed by atoms with E-state index in [4.69, 9.17) is 9.47 Å². The number of hydrogen-bond acceptors (Lipinski definition) is 6. The number of ether oxygens (including phenoxy) is 2. The van der Waals surface area contributed by atoms with Crippen LogP contribution < -0.4 is 14.8 Å². The van der Waals surface area contributed by atoms with Crippen molar-refractivity contribution in [1.29, 1.82) is 0 Å². The van der Waals surface area contributed by atoms with Crippen molar-refractivity contribution in [2.24, 2.45) is 5.92 Å². The Kier molecular flexibility index (Phi) is 7.98. The van der Waals surface area contributed by atoms with Crippen LogP contribution in [0.2, 0.25) is 0 Å². The molecule has 2 heterocycles. The molecular weight excluding hydrogens is 478 g/mol. The lowest BCUT2D eigenvalue weighted by Crippen LogP contribution is -2.23. The topological polar surface area (TPSA) is 99.5 Å². The van der Waals surface area contributed by atoms with Gasteiger partial charge in [0, 0.05) is 11.6 Å². The molecule has 8 nitrogen and oxygen atoms in total. The van der Waals surface area contributed by atoms with E-state index in [1.807, 2.05) is 48.5 Å². The third-order valence-electron chi connectivity index (χ3n) is 5.99. The zero-order valence-electron chi connectivity index (χ0n) is 20.9. The maximum Gasteiger partial charge on any atom is 0.263 e. The predicted octanol–water partition coefficient (Wildman–Crippen LogP) is 4.52. The number of rotatable bonds is 10. The molecular formula is C27H33N3O5S. The van der Waals surface area contributed by atoms with Gasteiger partial charge in [-0.25, -0.2) is 13.1 Å². The Balaban J connectivity index is 1.50. The van der Waals surface area contributed by atoms with Gasteiger partial charge in [0.15, 0.2) is 16.4 Å². The Morgan fingerprint density at radius 1 is 1.08 bits per heavy atom. The van der Waals surface area contributed by atoms with Crippen LogP contribution in [0.3, 0.4) is 0 Å². The lowest BCUT2D eigenvalue weighted by Gasteiger charge is -2.14. The number of carbonyl (C=O) groups excluding carboxylic acids is 1. The van der Waals surface area contributed by atoms with Gasteiger partial charge in [0.05, 0.1) is 29.8 Å². The van der Waals surface area contributed by atoms with Crippen LogP contribution >= 0.6 is 0 Å². The van der Waals surface area contributed by atoms with Gasteiger partial charge in [-0.1, -0.05) is 32.9 Å². The van der Waals surface area contributed by atoms with Gasteiger partial charge in [0.1, 0.15) is 17.3 Å². The molecule has 1 fully saturated rings. The lowest BCUT2D eigenvalue weighted by atomic mass is 10.1. The molecule has 2 aromatic carbocycles. The number of aryl methyl sites for hydroxylation is 1. The summed E-state index contributed by atoms with van der Waals surface area (Å²) >= 11 is 0. The van der Waals surface area contributed by atoms with Gasteiger partial charge >= 0.3 is 0 Å². The maximum atomic E-state index is 12.7. The van der Waals surface area contributed by atoms with E-state index in [1.54, 1.807) is 10.7 Å². The second-order valence-electron chi connectivity index (χ2n) is 9.48. The minimum atomic E-state index is -3.13. The molecule has 1 amide bonds. The van der Waals surface area contributed by atoms with E-state index in [0.29, 0.717) is 36.2 Å². The van der Waals surface area contributed by atoms with Gasteiger partial charge in [-0.2, -0.15) is 5.10 Å². The van der Waals surface area contributed by atoms with Gasteiger partial charge in [0.25, 0.3) is 5.91 Å². The van der Waals surface area contributed by atoms with E-state index >= 15 is 0 Å². The molecule has 0 radical (unpaired) electrons. The monoisotopic (exact) mass is 511 g/mol. The van der Waals surface area contributed by atoms with Crippen molar-refractivity contribution < 1.29 is 22.7 Å². The summed E-state index contributed by atoms with van der Waals surface area (Å²) in [5.74, 6) is 2.01. The van der Waals surface area contributed by atoms with Crippen molar-refractivity contribution in [3.05, 3.63) is 60.2 Å². The molecule has 192 valence electrons. The first-order valence-corrected chi connectivity index (χ1v) is 14.1. The minimum Gasteiger partial charge on any atom is -0.493 e. The standard InChI is InChI=1S/C27H33N3O5S/c1-4-20-5-9-23(10-6-20)35-17-27(31)28-26-15-25(29-30(26)22-13-14-36(32,33)18-22)21-7-11-24(12-8-21)34-16-19(2)3/h5-12,15,19,22H,4,13-14,16-18H2,1-3H3,(H,28,31)/t22-/m0/s1. The van der Waals surface area contributed by atoms with Crippen LogP contribution in [0.15, 0.2) is 54.6 Å². The van der Waals surface area contributed by atoms with Crippen molar-refractivity contribution in [2.75, 3.05) is 30.0 Å². The van der Waals surface area contributed by atoms with Crippen molar-refractivity contribution in [1.82, 2.24) is 9.78 Å². The Hall–Kier alpha value is -3.33. The molecule has 1 aliphatic heterocycles. The fraction of sp³-hybridized carbons (Fsp3) is 0.407. The van der Waals surface area contributed by atoms with E-state index in [0.717, 1.165) is 17.7 Å². The first-order chi connectivity index (χ1) is 17.2. The molecule has 1 atom stereocenters. The predicted molar refractivity (Wildman–Crippen MR) is 140 cm³/mol. The molecule has 0 aliphatic carbocycles. The summed E-state index contributed by atoms with van der Waals surface area (Å²) in [5, 5.41) is 7.54. The Labute approximate surface area is 212 Å². The Morgan fingerprint density at radius 3 is 2.36 bits per heavy atom.